The largest absolute Gasteiger partial charge is 0.319 e. The van der Waals surface area contributed by atoms with Gasteiger partial charge in [-0.15, -0.1) is 5.10 Å². The molecule has 1 aromatic carbocycles. The lowest BCUT2D eigenvalue weighted by Crippen LogP contribution is -2.14. The average molecular weight is 310 g/mol. The van der Waals surface area contributed by atoms with Gasteiger partial charge in [0.15, 0.2) is 0 Å². The fourth-order valence-electron chi connectivity index (χ4n) is 1.55. The summed E-state index contributed by atoms with van der Waals surface area (Å²) in [7, 11) is 0. The first-order chi connectivity index (χ1) is 9.88. The summed E-state index contributed by atoms with van der Waals surface area (Å²) in [6, 6.07) is 3.90. The summed E-state index contributed by atoms with van der Waals surface area (Å²) < 4.78 is 0. The van der Waals surface area contributed by atoms with Crippen LogP contribution in [0.25, 0.3) is 0 Å². The molecule has 0 atom stereocenters. The number of nitro groups is 1. The van der Waals surface area contributed by atoms with Crippen LogP contribution in [-0.2, 0) is 0 Å². The van der Waals surface area contributed by atoms with Crippen molar-refractivity contribution in [2.45, 2.75) is 19.8 Å². The van der Waals surface area contributed by atoms with Gasteiger partial charge in [-0.05, 0) is 12.1 Å². The van der Waals surface area contributed by atoms with Crippen molar-refractivity contribution in [1.29, 1.82) is 0 Å². The highest BCUT2D eigenvalue weighted by Gasteiger charge is 2.16. The van der Waals surface area contributed by atoms with Gasteiger partial charge in [-0.2, -0.15) is 0 Å². The molecule has 0 aliphatic rings. The summed E-state index contributed by atoms with van der Waals surface area (Å²) in [6.07, 6.45) is 0. The van der Waals surface area contributed by atoms with E-state index in [0.29, 0.717) is 11.5 Å². The number of hydrogen-bond acceptors (Lipinski definition) is 5. The van der Waals surface area contributed by atoms with Crippen molar-refractivity contribution in [1.82, 2.24) is 15.2 Å². The molecule has 2 N–H and O–H groups in total. The first-order valence-corrected chi connectivity index (χ1v) is 6.44. The summed E-state index contributed by atoms with van der Waals surface area (Å²) in [4.78, 5) is 26.1. The van der Waals surface area contributed by atoms with Crippen LogP contribution < -0.4 is 5.32 Å². The number of aromatic nitrogens is 3. The van der Waals surface area contributed by atoms with Crippen LogP contribution in [0.3, 0.4) is 0 Å². The highest BCUT2D eigenvalue weighted by Crippen LogP contribution is 2.27. The maximum Gasteiger partial charge on any atom is 0.295 e. The first-order valence-electron chi connectivity index (χ1n) is 6.06. The number of nitrogens with one attached hydrogen (secondary N) is 2. The molecule has 0 aliphatic heterocycles. The number of carbonyl (C=O) groups is 1. The van der Waals surface area contributed by atoms with E-state index in [9.17, 15) is 14.9 Å². The Morgan fingerprint density at radius 3 is 2.71 bits per heavy atom. The fourth-order valence-corrected chi connectivity index (χ4v) is 1.80. The van der Waals surface area contributed by atoms with Crippen LogP contribution >= 0.6 is 11.6 Å². The molecule has 0 saturated carbocycles. The second-order valence-corrected chi connectivity index (χ2v) is 4.98. The zero-order valence-corrected chi connectivity index (χ0v) is 12.0. The zero-order chi connectivity index (χ0) is 15.6. The lowest BCUT2D eigenvalue weighted by atomic mass is 10.2. The van der Waals surface area contributed by atoms with Crippen molar-refractivity contribution in [3.63, 3.8) is 0 Å². The third kappa shape index (κ3) is 3.34. The molecule has 1 amide bonds. The van der Waals surface area contributed by atoms with Crippen LogP contribution in [0.1, 0.15) is 36.2 Å². The Bertz CT molecular complexity index is 698. The van der Waals surface area contributed by atoms with E-state index >= 15 is 0 Å². The number of benzene rings is 1. The molecular weight excluding hydrogens is 298 g/mol. The second-order valence-electron chi connectivity index (χ2n) is 4.58. The summed E-state index contributed by atoms with van der Waals surface area (Å²) in [5.74, 6) is 0.186. The van der Waals surface area contributed by atoms with Crippen molar-refractivity contribution in [2.24, 2.45) is 0 Å². The summed E-state index contributed by atoms with van der Waals surface area (Å²) in [5.41, 5.74) is 0.0983. The van der Waals surface area contributed by atoms with E-state index < -0.39 is 10.8 Å². The van der Waals surface area contributed by atoms with Gasteiger partial charge in [-0.25, -0.2) is 4.98 Å². The minimum Gasteiger partial charge on any atom is -0.319 e. The lowest BCUT2D eigenvalue weighted by molar-refractivity contribution is -0.384. The van der Waals surface area contributed by atoms with Crippen molar-refractivity contribution >= 4 is 28.9 Å². The van der Waals surface area contributed by atoms with Crippen molar-refractivity contribution in [3.05, 3.63) is 45.0 Å². The Kier molecular flexibility index (Phi) is 4.18. The quantitative estimate of drug-likeness (QED) is 0.665. The molecule has 2 aromatic rings. The van der Waals surface area contributed by atoms with Gasteiger partial charge in [0.25, 0.3) is 11.6 Å². The smallest absolute Gasteiger partial charge is 0.295 e. The molecule has 0 aliphatic carbocycles. The van der Waals surface area contributed by atoms with Crippen LogP contribution in [0.5, 0.6) is 0 Å². The molecule has 110 valence electrons. The summed E-state index contributed by atoms with van der Waals surface area (Å²) >= 11 is 5.77. The van der Waals surface area contributed by atoms with Gasteiger partial charge in [0, 0.05) is 17.7 Å². The predicted molar refractivity (Wildman–Crippen MR) is 76.5 cm³/mol. The van der Waals surface area contributed by atoms with Gasteiger partial charge >= 0.3 is 0 Å². The normalized spacial score (nSPS) is 10.7. The molecule has 0 radical (unpaired) electrons. The summed E-state index contributed by atoms with van der Waals surface area (Å²) in [5, 5.41) is 19.6. The predicted octanol–water partition coefficient (Wildman–Crippen LogP) is 2.74. The van der Waals surface area contributed by atoms with Crippen molar-refractivity contribution < 1.29 is 9.72 Å². The van der Waals surface area contributed by atoms with E-state index in [4.69, 9.17) is 11.6 Å². The molecule has 21 heavy (non-hydrogen) atoms. The number of hydrogen-bond donors (Lipinski definition) is 2. The number of carbonyl (C=O) groups excluding carboxylic acids is 1. The van der Waals surface area contributed by atoms with Gasteiger partial charge in [-0.1, -0.05) is 25.4 Å². The second kappa shape index (κ2) is 5.88. The van der Waals surface area contributed by atoms with E-state index in [1.165, 1.54) is 18.2 Å². The number of nitro benzene ring substituents is 1. The number of halogens is 1. The van der Waals surface area contributed by atoms with E-state index in [0.717, 1.165) is 0 Å². The molecule has 0 fully saturated rings. The van der Waals surface area contributed by atoms with Crippen LogP contribution in [0.15, 0.2) is 18.2 Å². The van der Waals surface area contributed by atoms with E-state index in [1.807, 2.05) is 13.8 Å². The number of nitrogens with zero attached hydrogens (tertiary/aromatic N) is 3. The highest BCUT2D eigenvalue weighted by atomic mass is 35.5. The zero-order valence-electron chi connectivity index (χ0n) is 11.3. The van der Waals surface area contributed by atoms with Gasteiger partial charge in [0.2, 0.25) is 5.82 Å². The molecule has 9 heteroatoms. The van der Waals surface area contributed by atoms with Crippen molar-refractivity contribution in [3.8, 4) is 0 Å². The summed E-state index contributed by atoms with van der Waals surface area (Å²) in [6.45, 7) is 3.83. The minimum atomic E-state index is -0.599. The van der Waals surface area contributed by atoms with Gasteiger partial charge < -0.3 is 5.32 Å². The first kappa shape index (κ1) is 14.9. The molecule has 8 nitrogen and oxygen atoms in total. The number of aromatic amines is 1. The standard InChI is InChI=1S/C12H12ClN5O3/c1-6(2)10-15-11(17-16-10)12(19)14-7-3-4-9(18(20)21)8(13)5-7/h3-6H,1-2H3,(H,14,19)(H,15,16,17). The van der Waals surface area contributed by atoms with Crippen LogP contribution in [0.2, 0.25) is 5.02 Å². The fraction of sp³-hybridized carbons (Fsp3) is 0.250. The van der Waals surface area contributed by atoms with Crippen LogP contribution in [0.4, 0.5) is 11.4 Å². The van der Waals surface area contributed by atoms with E-state index in [-0.39, 0.29) is 22.5 Å². The minimum absolute atomic E-state index is 0.00632. The highest BCUT2D eigenvalue weighted by molar-refractivity contribution is 6.33. The maximum atomic E-state index is 11.9. The molecule has 0 bridgehead atoms. The molecule has 0 unspecified atom stereocenters. The molecule has 0 saturated heterocycles. The molecular formula is C12H12ClN5O3. The Morgan fingerprint density at radius 1 is 1.48 bits per heavy atom. The molecule has 0 spiro atoms. The lowest BCUT2D eigenvalue weighted by Gasteiger charge is -2.03. The maximum absolute atomic E-state index is 11.9. The third-order valence-electron chi connectivity index (χ3n) is 2.65. The third-order valence-corrected chi connectivity index (χ3v) is 2.96. The van der Waals surface area contributed by atoms with Gasteiger partial charge in [-0.3, -0.25) is 20.0 Å². The van der Waals surface area contributed by atoms with Crippen molar-refractivity contribution in [2.75, 3.05) is 5.32 Å². The van der Waals surface area contributed by atoms with E-state index in [1.54, 1.807) is 0 Å². The monoisotopic (exact) mass is 309 g/mol. The average Bonchev–Trinajstić information content (AvgIpc) is 2.88. The van der Waals surface area contributed by atoms with Gasteiger partial charge in [0.1, 0.15) is 10.8 Å². The number of rotatable bonds is 4. The Morgan fingerprint density at radius 2 is 2.19 bits per heavy atom. The number of anilines is 1. The number of H-pyrrole nitrogens is 1. The van der Waals surface area contributed by atoms with E-state index in [2.05, 4.69) is 20.5 Å². The molecule has 1 aromatic heterocycles. The Hall–Kier alpha value is -2.48. The molecule has 2 rings (SSSR count). The number of amides is 1. The van der Waals surface area contributed by atoms with Crippen LogP contribution in [-0.4, -0.2) is 26.0 Å². The molecule has 1 heterocycles. The SMILES string of the molecule is CC(C)c1nc(C(=O)Nc2ccc([N+](=O)[O-])c(Cl)c2)n[nH]1. The topological polar surface area (TPSA) is 114 Å². The van der Waals surface area contributed by atoms with Gasteiger partial charge in [0.05, 0.1) is 4.92 Å². The van der Waals surface area contributed by atoms with Crippen LogP contribution in [0, 0.1) is 10.1 Å². The Labute approximate surface area is 124 Å². The Balaban J connectivity index is 2.15.